The molecule has 0 aliphatic rings. The Balaban J connectivity index is 0.00000109. The van der Waals surface area contributed by atoms with Gasteiger partial charge in [-0.15, -0.1) is 4.68 Å². The third kappa shape index (κ3) is 12.2. The van der Waals surface area contributed by atoms with Gasteiger partial charge in [-0.1, -0.05) is 51.9 Å². The van der Waals surface area contributed by atoms with Crippen molar-refractivity contribution in [2.24, 2.45) is 0 Å². The van der Waals surface area contributed by atoms with Crippen LogP contribution in [-0.4, -0.2) is 61.6 Å². The first-order valence-corrected chi connectivity index (χ1v) is 15.3. The lowest BCUT2D eigenvalue weighted by atomic mass is 10.0. The van der Waals surface area contributed by atoms with E-state index in [1.165, 1.54) is 23.9 Å². The summed E-state index contributed by atoms with van der Waals surface area (Å²) in [6.07, 6.45) is 2.05. The largest absolute Gasteiger partial charge is 0.480 e. The Morgan fingerprint density at radius 3 is 1.49 bits per heavy atom. The van der Waals surface area contributed by atoms with Gasteiger partial charge in [0.1, 0.15) is 6.54 Å². The molecule has 0 radical (unpaired) electrons. The summed E-state index contributed by atoms with van der Waals surface area (Å²) in [4.78, 5) is 0. The first kappa shape index (κ1) is 43.0. The van der Waals surface area contributed by atoms with Crippen molar-refractivity contribution < 1.29 is 87.3 Å². The number of hydrogen-bond donors (Lipinski definition) is 0. The van der Waals surface area contributed by atoms with Crippen LogP contribution in [0.2, 0.25) is 0 Å². The Bertz CT molecular complexity index is 1220. The zero-order valence-electron chi connectivity index (χ0n) is 22.8. The smallest absolute Gasteiger partial charge is 0.421 e. The normalized spacial score (nSPS) is 14.3. The molecule has 0 amide bonds. The molecule has 0 N–H and O–H groups in total. The van der Waals surface area contributed by atoms with Crippen LogP contribution in [0.15, 0.2) is 12.7 Å². The number of rotatable bonds is 16. The monoisotopic (exact) mass is 736 g/mol. The molecule has 45 heavy (non-hydrogen) atoms. The highest BCUT2D eigenvalue weighted by atomic mass is 32.3. The molecule has 0 aliphatic heterocycles. The van der Waals surface area contributed by atoms with Crippen molar-refractivity contribution in [2.75, 3.05) is 0 Å². The minimum Gasteiger partial charge on any atom is -0.421 e. The predicted molar refractivity (Wildman–Crippen MR) is 124 cm³/mol. The predicted octanol–water partition coefficient (Wildman–Crippen LogP) is 7.23. The molecule has 1 aromatic rings. The van der Waals surface area contributed by atoms with Crippen molar-refractivity contribution in [1.29, 1.82) is 0 Å². The van der Waals surface area contributed by atoms with Gasteiger partial charge in [-0.05, 0) is 6.42 Å². The molecule has 0 fully saturated rings. The Morgan fingerprint density at radius 2 is 1.09 bits per heavy atom. The number of aryl methyl sites for hydroxylation is 2. The van der Waals surface area contributed by atoms with E-state index in [1.54, 1.807) is 0 Å². The minimum absolute atomic E-state index is 0.445. The highest BCUT2D eigenvalue weighted by molar-refractivity contribution is 8.13. The molecular weight excluding hydrogens is 709 g/mol. The molecule has 0 unspecified atom stereocenters. The fourth-order valence-corrected chi connectivity index (χ4v) is 4.76. The third-order valence-corrected chi connectivity index (χ3v) is 8.29. The maximum atomic E-state index is 13.5. The summed E-state index contributed by atoms with van der Waals surface area (Å²) < 4.78 is 227. The molecule has 0 bridgehead atoms. The lowest BCUT2D eigenvalue weighted by Gasteiger charge is -2.33. The van der Waals surface area contributed by atoms with E-state index >= 15 is 0 Å². The molecule has 0 saturated heterocycles. The first-order valence-electron chi connectivity index (χ1n) is 12.5. The van der Waals surface area contributed by atoms with E-state index in [4.69, 9.17) is 0 Å². The van der Waals surface area contributed by atoms with Gasteiger partial charge in [0, 0.05) is 11.5 Å². The van der Waals surface area contributed by atoms with Crippen LogP contribution in [0.4, 0.5) is 65.9 Å². The Labute approximate surface area is 247 Å². The van der Waals surface area contributed by atoms with Crippen molar-refractivity contribution in [1.82, 2.24) is 9.78 Å². The third-order valence-electron chi connectivity index (χ3n) is 5.55. The second-order valence-corrected chi connectivity index (χ2v) is 12.7. The van der Waals surface area contributed by atoms with Gasteiger partial charge in [-0.2, -0.15) is 65.9 Å². The number of halogens is 15. The van der Waals surface area contributed by atoms with E-state index in [1.807, 2.05) is 0 Å². The fourth-order valence-electron chi connectivity index (χ4n) is 3.05. The van der Waals surface area contributed by atoms with Crippen LogP contribution >= 0.6 is 0 Å². The van der Waals surface area contributed by atoms with E-state index in [0.29, 0.717) is 6.54 Å². The summed E-state index contributed by atoms with van der Waals surface area (Å²) >= 11 is 0. The van der Waals surface area contributed by atoms with Gasteiger partial charge >= 0.3 is 35.0 Å². The average Bonchev–Trinajstić information content (AvgIpc) is 3.30. The summed E-state index contributed by atoms with van der Waals surface area (Å²) in [5.74, 6) is -19.0. The summed E-state index contributed by atoms with van der Waals surface area (Å²) in [5, 5.41) is 3.84. The number of aromatic nitrogens is 3. The quantitative estimate of drug-likeness (QED) is 0.101. The summed E-state index contributed by atoms with van der Waals surface area (Å²) in [7, 11) is -13.4. The van der Waals surface area contributed by atoms with E-state index in [9.17, 15) is 82.7 Å². The summed E-state index contributed by atoms with van der Waals surface area (Å²) in [6.45, 7) is 1.68. The molecule has 25 heteroatoms. The maximum absolute atomic E-state index is 13.5. The molecule has 0 saturated carbocycles. The first-order chi connectivity index (χ1) is 20.0. The minimum atomic E-state index is -6.85. The van der Waals surface area contributed by atoms with Gasteiger partial charge in [0.05, 0.1) is 6.54 Å². The van der Waals surface area contributed by atoms with Crippen LogP contribution in [-0.2, 0) is 33.1 Å². The van der Waals surface area contributed by atoms with Crippen molar-refractivity contribution in [3.05, 3.63) is 16.8 Å². The molecule has 0 spiro atoms. The maximum Gasteiger partial charge on any atom is 0.480 e. The number of hydrogen-bond acceptors (Lipinski definition) is 5. The van der Waals surface area contributed by atoms with Gasteiger partial charge in [0.2, 0.25) is 6.33 Å². The SMILES string of the molecule is CCCCCCCCCCn1c[n+](CCC(F)(F)C(F)(F)C(F)(F)C(F)(F)F)cn1.O=S(=O)([N-]S(=O)(=O)C(F)(F)F)C(F)(F)F. The van der Waals surface area contributed by atoms with E-state index in [0.717, 1.165) is 53.5 Å². The number of nitrogens with zero attached hydrogens (tertiary/aromatic N) is 4. The van der Waals surface area contributed by atoms with Gasteiger partial charge < -0.3 is 4.13 Å². The van der Waals surface area contributed by atoms with Crippen molar-refractivity contribution in [3.8, 4) is 0 Å². The molecule has 8 nitrogen and oxygen atoms in total. The van der Waals surface area contributed by atoms with Crippen molar-refractivity contribution in [2.45, 2.75) is 113 Å². The zero-order chi connectivity index (χ0) is 35.8. The van der Waals surface area contributed by atoms with Crippen molar-refractivity contribution in [3.63, 3.8) is 0 Å². The Kier molecular flexibility index (Phi) is 15.0. The lowest BCUT2D eigenvalue weighted by Crippen LogP contribution is -2.61. The highest BCUT2D eigenvalue weighted by Gasteiger charge is 2.81. The van der Waals surface area contributed by atoms with Gasteiger partial charge in [-0.25, -0.2) is 21.4 Å². The Morgan fingerprint density at radius 1 is 0.667 bits per heavy atom. The van der Waals surface area contributed by atoms with E-state index in [2.05, 4.69) is 12.0 Å². The second-order valence-electron chi connectivity index (χ2n) is 9.24. The average molecular weight is 737 g/mol. The highest BCUT2D eigenvalue weighted by Crippen LogP contribution is 2.54. The second kappa shape index (κ2) is 15.7. The number of unbranched alkanes of at least 4 members (excludes halogenated alkanes) is 7. The molecule has 1 rings (SSSR count). The molecule has 0 aromatic carbocycles. The lowest BCUT2D eigenvalue weighted by molar-refractivity contribution is -0.701. The molecular formula is C20H27F15N4O4S2. The standard InChI is InChI=1S/C18H27F9N3.C2F6NO4S2/c1-2-3-4-5-6-7-8-9-11-30-14-29(13-28-30)12-10-15(19,20)16(21,22)17(23,24)18(25,26)27;3-1(4,5)14(10,11)9-15(12,13)2(6,7)8/h13-14H,2-12H2,1H3;/q+1;-1. The Hall–Kier alpha value is -2.05. The van der Waals surface area contributed by atoms with Crippen LogP contribution in [0.25, 0.3) is 4.13 Å². The van der Waals surface area contributed by atoms with Gasteiger partial charge in [0.15, 0.2) is 20.0 Å². The van der Waals surface area contributed by atoms with Crippen LogP contribution in [0.1, 0.15) is 64.7 Å². The fraction of sp³-hybridized carbons (Fsp3) is 0.900. The number of sulfonamides is 2. The summed E-state index contributed by atoms with van der Waals surface area (Å²) in [6, 6.07) is 0. The zero-order valence-corrected chi connectivity index (χ0v) is 24.5. The van der Waals surface area contributed by atoms with Crippen molar-refractivity contribution >= 4 is 20.0 Å². The molecule has 1 heterocycles. The van der Waals surface area contributed by atoms with Crippen LogP contribution < -0.4 is 4.57 Å². The molecule has 1 aromatic heterocycles. The van der Waals surface area contributed by atoms with Gasteiger partial charge in [-0.3, -0.25) is 0 Å². The van der Waals surface area contributed by atoms with Gasteiger partial charge in [0.25, 0.3) is 6.33 Å². The summed E-state index contributed by atoms with van der Waals surface area (Å²) in [5.41, 5.74) is -12.4. The molecule has 0 atom stereocenters. The van der Waals surface area contributed by atoms with Crippen LogP contribution in [0, 0.1) is 0 Å². The topological polar surface area (TPSA) is 104 Å². The van der Waals surface area contributed by atoms with E-state index < -0.39 is 68.0 Å². The van der Waals surface area contributed by atoms with E-state index in [-0.39, 0.29) is 0 Å². The molecule has 0 aliphatic carbocycles. The number of alkyl halides is 15. The van der Waals surface area contributed by atoms with Crippen LogP contribution in [0.3, 0.4) is 0 Å². The molecule has 268 valence electrons. The van der Waals surface area contributed by atoms with Crippen LogP contribution in [0.5, 0.6) is 0 Å².